The average Bonchev–Trinajstić information content (AvgIpc) is 2.33. The molecule has 0 aliphatic heterocycles. The van der Waals surface area contributed by atoms with E-state index >= 15 is 0 Å². The fraction of sp³-hybridized carbons (Fsp3) is 0.500. The van der Waals surface area contributed by atoms with Crippen molar-refractivity contribution in [3.8, 4) is 17.6 Å². The highest BCUT2D eigenvalue weighted by Gasteiger charge is 2.13. The predicted molar refractivity (Wildman–Crippen MR) is 76.6 cm³/mol. The third-order valence-electron chi connectivity index (χ3n) is 2.51. The van der Waals surface area contributed by atoms with Crippen molar-refractivity contribution in [3.63, 3.8) is 0 Å². The number of ether oxygens (including phenoxy) is 1. The molecule has 0 saturated carbocycles. The van der Waals surface area contributed by atoms with Gasteiger partial charge in [0.05, 0.1) is 6.61 Å². The van der Waals surface area contributed by atoms with Crippen molar-refractivity contribution < 1.29 is 9.13 Å². The highest BCUT2D eigenvalue weighted by molar-refractivity contribution is 5.35. The van der Waals surface area contributed by atoms with Crippen LogP contribution in [0, 0.1) is 17.7 Å². The van der Waals surface area contributed by atoms with Crippen LogP contribution in [0.15, 0.2) is 18.2 Å². The number of hydrogen-bond donors (Lipinski definition) is 1. The molecule has 1 aromatic rings. The molecule has 104 valence electrons. The Morgan fingerprint density at radius 1 is 1.32 bits per heavy atom. The molecule has 1 aromatic carbocycles. The Balaban J connectivity index is 2.73. The average molecular weight is 263 g/mol. The molecule has 0 aliphatic carbocycles. The van der Waals surface area contributed by atoms with Gasteiger partial charge in [-0.3, -0.25) is 0 Å². The smallest absolute Gasteiger partial charge is 0.165 e. The minimum absolute atomic E-state index is 0.0166. The molecule has 0 unspecified atom stereocenters. The van der Waals surface area contributed by atoms with Crippen molar-refractivity contribution in [1.82, 2.24) is 5.32 Å². The van der Waals surface area contributed by atoms with Crippen molar-refractivity contribution in [2.45, 2.75) is 46.2 Å². The second-order valence-electron chi connectivity index (χ2n) is 5.36. The van der Waals surface area contributed by atoms with Gasteiger partial charge in [0.25, 0.3) is 0 Å². The summed E-state index contributed by atoms with van der Waals surface area (Å²) in [7, 11) is 0. The molecule has 0 heterocycles. The lowest BCUT2D eigenvalue weighted by molar-refractivity contribution is 0.303. The number of para-hydroxylation sites is 1. The van der Waals surface area contributed by atoms with Crippen LogP contribution < -0.4 is 10.1 Å². The Morgan fingerprint density at radius 3 is 2.68 bits per heavy atom. The molecule has 0 saturated heterocycles. The SMILES string of the molecule is CC#CCCOc1c(F)cccc1CNC(C)(C)C. The Morgan fingerprint density at radius 2 is 2.05 bits per heavy atom. The first-order valence-corrected chi connectivity index (χ1v) is 6.49. The highest BCUT2D eigenvalue weighted by Crippen LogP contribution is 2.23. The van der Waals surface area contributed by atoms with E-state index in [-0.39, 0.29) is 11.4 Å². The number of rotatable bonds is 5. The van der Waals surface area contributed by atoms with Gasteiger partial charge < -0.3 is 10.1 Å². The van der Waals surface area contributed by atoms with Crippen LogP contribution in [0.25, 0.3) is 0 Å². The van der Waals surface area contributed by atoms with Gasteiger partial charge in [-0.05, 0) is 33.8 Å². The van der Waals surface area contributed by atoms with Gasteiger partial charge in [-0.2, -0.15) is 0 Å². The summed E-state index contributed by atoms with van der Waals surface area (Å²) in [5, 5.41) is 3.33. The summed E-state index contributed by atoms with van der Waals surface area (Å²) in [5.74, 6) is 5.70. The van der Waals surface area contributed by atoms with Crippen molar-refractivity contribution in [3.05, 3.63) is 29.6 Å². The molecule has 2 nitrogen and oxygen atoms in total. The quantitative estimate of drug-likeness (QED) is 0.648. The van der Waals surface area contributed by atoms with Crippen LogP contribution in [-0.4, -0.2) is 12.1 Å². The van der Waals surface area contributed by atoms with E-state index in [1.54, 1.807) is 13.0 Å². The maximum atomic E-state index is 13.8. The molecule has 0 spiro atoms. The standard InChI is InChI=1S/C16H22FNO/c1-5-6-7-11-19-15-13(9-8-10-14(15)17)12-18-16(2,3)4/h8-10,18H,7,11-12H2,1-4H3. The lowest BCUT2D eigenvalue weighted by Gasteiger charge is -2.21. The Kier molecular flexibility index (Phi) is 5.85. The molecule has 0 bridgehead atoms. The first kappa shape index (κ1) is 15.5. The number of nitrogens with one attached hydrogen (secondary N) is 1. The van der Waals surface area contributed by atoms with E-state index in [4.69, 9.17) is 4.74 Å². The van der Waals surface area contributed by atoms with Crippen LogP contribution in [0.4, 0.5) is 4.39 Å². The summed E-state index contributed by atoms with van der Waals surface area (Å²) in [6, 6.07) is 5.00. The number of hydrogen-bond acceptors (Lipinski definition) is 2. The van der Waals surface area contributed by atoms with Crippen molar-refractivity contribution in [2.75, 3.05) is 6.61 Å². The van der Waals surface area contributed by atoms with Crippen molar-refractivity contribution in [2.24, 2.45) is 0 Å². The molecular weight excluding hydrogens is 241 g/mol. The summed E-state index contributed by atoms with van der Waals surface area (Å²) in [6.45, 7) is 8.99. The Hall–Kier alpha value is -1.53. The lowest BCUT2D eigenvalue weighted by Crippen LogP contribution is -2.35. The summed E-state index contributed by atoms with van der Waals surface area (Å²) in [6.07, 6.45) is 0.608. The Labute approximate surface area is 115 Å². The molecule has 0 fully saturated rings. The van der Waals surface area contributed by atoms with Gasteiger partial charge in [-0.15, -0.1) is 11.8 Å². The number of halogens is 1. The van der Waals surface area contributed by atoms with E-state index in [9.17, 15) is 4.39 Å². The van der Waals surface area contributed by atoms with Crippen LogP contribution >= 0.6 is 0 Å². The van der Waals surface area contributed by atoms with Crippen LogP contribution in [-0.2, 0) is 6.54 Å². The first-order valence-electron chi connectivity index (χ1n) is 6.49. The number of benzene rings is 1. The largest absolute Gasteiger partial charge is 0.489 e. The summed E-state index contributed by atoms with van der Waals surface area (Å²) < 4.78 is 19.3. The maximum absolute atomic E-state index is 13.8. The molecule has 0 atom stereocenters. The minimum Gasteiger partial charge on any atom is -0.489 e. The highest BCUT2D eigenvalue weighted by atomic mass is 19.1. The second kappa shape index (κ2) is 7.16. The Bertz CT molecular complexity index is 466. The van der Waals surface area contributed by atoms with Gasteiger partial charge in [0.15, 0.2) is 11.6 Å². The van der Waals surface area contributed by atoms with E-state index in [1.807, 2.05) is 6.07 Å². The van der Waals surface area contributed by atoms with E-state index in [1.165, 1.54) is 6.07 Å². The molecule has 0 aliphatic rings. The zero-order valence-corrected chi connectivity index (χ0v) is 12.1. The minimum atomic E-state index is -0.322. The topological polar surface area (TPSA) is 21.3 Å². The van der Waals surface area contributed by atoms with Crippen LogP contribution in [0.1, 0.15) is 39.7 Å². The van der Waals surface area contributed by atoms with Gasteiger partial charge in [0.2, 0.25) is 0 Å². The van der Waals surface area contributed by atoms with Gasteiger partial charge in [-0.1, -0.05) is 12.1 Å². The third kappa shape index (κ3) is 5.76. The van der Waals surface area contributed by atoms with Gasteiger partial charge in [-0.25, -0.2) is 4.39 Å². The maximum Gasteiger partial charge on any atom is 0.165 e. The molecule has 0 radical (unpaired) electrons. The summed E-state index contributed by atoms with van der Waals surface area (Å²) in [5.41, 5.74) is 0.816. The molecule has 0 aromatic heterocycles. The summed E-state index contributed by atoms with van der Waals surface area (Å²) in [4.78, 5) is 0. The van der Waals surface area contributed by atoms with E-state index in [0.29, 0.717) is 25.3 Å². The van der Waals surface area contributed by atoms with Gasteiger partial charge in [0, 0.05) is 24.1 Å². The zero-order chi connectivity index (χ0) is 14.3. The van der Waals surface area contributed by atoms with E-state index in [2.05, 4.69) is 37.9 Å². The van der Waals surface area contributed by atoms with E-state index in [0.717, 1.165) is 5.56 Å². The first-order chi connectivity index (χ1) is 8.94. The van der Waals surface area contributed by atoms with Gasteiger partial charge in [0.1, 0.15) is 0 Å². The van der Waals surface area contributed by atoms with Crippen molar-refractivity contribution in [1.29, 1.82) is 0 Å². The van der Waals surface area contributed by atoms with E-state index < -0.39 is 0 Å². The van der Waals surface area contributed by atoms with Crippen molar-refractivity contribution >= 4 is 0 Å². The second-order valence-corrected chi connectivity index (χ2v) is 5.36. The molecule has 1 N–H and O–H groups in total. The van der Waals surface area contributed by atoms with Gasteiger partial charge >= 0.3 is 0 Å². The fourth-order valence-electron chi connectivity index (χ4n) is 1.54. The molecule has 1 rings (SSSR count). The van der Waals surface area contributed by atoms with Crippen LogP contribution in [0.2, 0.25) is 0 Å². The third-order valence-corrected chi connectivity index (χ3v) is 2.51. The van der Waals surface area contributed by atoms with Crippen LogP contribution in [0.5, 0.6) is 5.75 Å². The zero-order valence-electron chi connectivity index (χ0n) is 12.1. The monoisotopic (exact) mass is 263 g/mol. The lowest BCUT2D eigenvalue weighted by atomic mass is 10.1. The normalized spacial score (nSPS) is 10.8. The molecule has 19 heavy (non-hydrogen) atoms. The van der Waals surface area contributed by atoms with Crippen LogP contribution in [0.3, 0.4) is 0 Å². The predicted octanol–water partition coefficient (Wildman–Crippen LogP) is 3.51. The molecular formula is C16H22FNO. The fourth-order valence-corrected chi connectivity index (χ4v) is 1.54. The summed E-state index contributed by atoms with van der Waals surface area (Å²) >= 11 is 0. The molecule has 3 heteroatoms. The molecule has 0 amide bonds.